The van der Waals surface area contributed by atoms with Crippen LogP contribution in [0.4, 0.5) is 11.5 Å². The Hall–Kier alpha value is -3.75. The van der Waals surface area contributed by atoms with E-state index in [9.17, 15) is 4.79 Å². The highest BCUT2D eigenvalue weighted by Gasteiger charge is 2.22. The monoisotopic (exact) mass is 417 g/mol. The summed E-state index contributed by atoms with van der Waals surface area (Å²) in [5, 5.41) is 7.41. The standard InChI is InChI=1S/C22H23N7O2/c1-14-18(15(2)31-27-14)20-25-21(24-16-7-4-3-5-8-16)19-22(26-20)29(13-23-19)12-11-28-10-6-9-17(28)30/h3-5,7-8,13H,6,9-12H2,1-2H3,(H,24,25,26). The van der Waals surface area contributed by atoms with Gasteiger partial charge in [0.15, 0.2) is 22.8 Å². The van der Waals surface area contributed by atoms with Gasteiger partial charge < -0.3 is 19.3 Å². The molecule has 9 heteroatoms. The SMILES string of the molecule is Cc1noc(C)c1-c1nc(Nc2ccccc2)c2ncn(CCN3CCCC3=O)c2n1. The highest BCUT2D eigenvalue weighted by molar-refractivity contribution is 5.87. The summed E-state index contributed by atoms with van der Waals surface area (Å²) in [4.78, 5) is 28.0. The minimum Gasteiger partial charge on any atom is -0.361 e. The molecule has 1 N–H and O–H groups in total. The zero-order chi connectivity index (χ0) is 21.4. The molecule has 31 heavy (non-hydrogen) atoms. The number of carbonyl (C=O) groups excluding carboxylic acids is 1. The van der Waals surface area contributed by atoms with Crippen LogP contribution in [0.25, 0.3) is 22.6 Å². The fraction of sp³-hybridized carbons (Fsp3) is 0.318. The van der Waals surface area contributed by atoms with Crippen molar-refractivity contribution in [1.29, 1.82) is 0 Å². The number of nitrogens with one attached hydrogen (secondary N) is 1. The van der Waals surface area contributed by atoms with E-state index in [-0.39, 0.29) is 5.91 Å². The Balaban J connectivity index is 1.57. The second-order valence-corrected chi connectivity index (χ2v) is 7.68. The predicted octanol–water partition coefficient (Wildman–Crippen LogP) is 3.46. The van der Waals surface area contributed by atoms with Crippen LogP contribution in [0.5, 0.6) is 0 Å². The zero-order valence-corrected chi connectivity index (χ0v) is 17.5. The van der Waals surface area contributed by atoms with E-state index < -0.39 is 0 Å². The number of hydrogen-bond donors (Lipinski definition) is 1. The summed E-state index contributed by atoms with van der Waals surface area (Å²) in [7, 11) is 0. The normalized spacial score (nSPS) is 14.0. The van der Waals surface area contributed by atoms with E-state index in [2.05, 4.69) is 15.5 Å². The Morgan fingerprint density at radius 2 is 1.97 bits per heavy atom. The van der Waals surface area contributed by atoms with Gasteiger partial charge in [-0.15, -0.1) is 0 Å². The van der Waals surface area contributed by atoms with Crippen LogP contribution < -0.4 is 5.32 Å². The summed E-state index contributed by atoms with van der Waals surface area (Å²) in [6, 6.07) is 9.83. The number of anilines is 2. The molecule has 1 aliphatic heterocycles. The van der Waals surface area contributed by atoms with Crippen molar-refractivity contribution >= 4 is 28.6 Å². The largest absolute Gasteiger partial charge is 0.361 e. The number of likely N-dealkylation sites (tertiary alicyclic amines) is 1. The fourth-order valence-electron chi connectivity index (χ4n) is 3.94. The minimum atomic E-state index is 0.210. The van der Waals surface area contributed by atoms with Crippen LogP contribution in [0, 0.1) is 13.8 Å². The molecule has 158 valence electrons. The van der Waals surface area contributed by atoms with E-state index in [0.717, 1.165) is 29.9 Å². The molecule has 1 aromatic carbocycles. The quantitative estimate of drug-likeness (QED) is 0.512. The second-order valence-electron chi connectivity index (χ2n) is 7.68. The van der Waals surface area contributed by atoms with Crippen LogP contribution in [-0.4, -0.2) is 48.6 Å². The Bertz CT molecular complexity index is 1230. The first kappa shape index (κ1) is 19.2. The van der Waals surface area contributed by atoms with Crippen molar-refractivity contribution in [2.75, 3.05) is 18.4 Å². The maximum absolute atomic E-state index is 12.0. The molecule has 1 aliphatic rings. The maximum atomic E-state index is 12.0. The Morgan fingerprint density at radius 1 is 1.13 bits per heavy atom. The molecule has 5 rings (SSSR count). The smallest absolute Gasteiger partial charge is 0.222 e. The van der Waals surface area contributed by atoms with E-state index in [1.54, 1.807) is 6.33 Å². The Kier molecular flexibility index (Phi) is 4.85. The van der Waals surface area contributed by atoms with Crippen LogP contribution in [0.2, 0.25) is 0 Å². The van der Waals surface area contributed by atoms with Gasteiger partial charge in [0.05, 0.1) is 17.6 Å². The van der Waals surface area contributed by atoms with Crippen molar-refractivity contribution in [2.24, 2.45) is 0 Å². The van der Waals surface area contributed by atoms with Crippen molar-refractivity contribution < 1.29 is 9.32 Å². The lowest BCUT2D eigenvalue weighted by Gasteiger charge is -2.16. The number of carbonyl (C=O) groups is 1. The van der Waals surface area contributed by atoms with Gasteiger partial charge >= 0.3 is 0 Å². The number of rotatable bonds is 6. The topological polar surface area (TPSA) is 102 Å². The van der Waals surface area contributed by atoms with Gasteiger partial charge in [-0.25, -0.2) is 15.0 Å². The number of fused-ring (bicyclic) bond motifs is 1. The average molecular weight is 417 g/mol. The Morgan fingerprint density at radius 3 is 2.68 bits per heavy atom. The number of para-hydroxylation sites is 1. The molecule has 9 nitrogen and oxygen atoms in total. The number of hydrogen-bond acceptors (Lipinski definition) is 7. The van der Waals surface area contributed by atoms with Crippen molar-refractivity contribution in [3.63, 3.8) is 0 Å². The summed E-state index contributed by atoms with van der Waals surface area (Å²) < 4.78 is 7.31. The first-order valence-electron chi connectivity index (χ1n) is 10.4. The molecule has 3 aromatic heterocycles. The van der Waals surface area contributed by atoms with E-state index >= 15 is 0 Å². The van der Waals surface area contributed by atoms with Crippen LogP contribution in [-0.2, 0) is 11.3 Å². The molecule has 1 amide bonds. The summed E-state index contributed by atoms with van der Waals surface area (Å²) >= 11 is 0. The number of amides is 1. The number of aryl methyl sites for hydroxylation is 2. The summed E-state index contributed by atoms with van der Waals surface area (Å²) in [5.74, 6) is 2.02. The van der Waals surface area contributed by atoms with E-state index in [4.69, 9.17) is 14.5 Å². The molecular formula is C22H23N7O2. The predicted molar refractivity (Wildman–Crippen MR) is 116 cm³/mol. The van der Waals surface area contributed by atoms with Gasteiger partial charge in [-0.2, -0.15) is 0 Å². The highest BCUT2D eigenvalue weighted by Crippen LogP contribution is 2.29. The molecule has 0 bridgehead atoms. The van der Waals surface area contributed by atoms with Gasteiger partial charge in [0.25, 0.3) is 0 Å². The third kappa shape index (κ3) is 3.63. The molecule has 1 saturated heterocycles. The van der Waals surface area contributed by atoms with Gasteiger partial charge in [-0.1, -0.05) is 23.4 Å². The number of aromatic nitrogens is 5. The second kappa shape index (κ2) is 7.82. The molecule has 0 radical (unpaired) electrons. The lowest BCUT2D eigenvalue weighted by atomic mass is 10.2. The lowest BCUT2D eigenvalue weighted by Crippen LogP contribution is -2.28. The van der Waals surface area contributed by atoms with Crippen LogP contribution in [0.15, 0.2) is 41.2 Å². The number of imidazole rings is 1. The first-order valence-corrected chi connectivity index (χ1v) is 10.4. The Labute approximate surface area is 179 Å². The molecule has 0 atom stereocenters. The molecular weight excluding hydrogens is 394 g/mol. The van der Waals surface area contributed by atoms with Crippen molar-refractivity contribution in [2.45, 2.75) is 33.2 Å². The van der Waals surface area contributed by atoms with Gasteiger partial charge in [-0.05, 0) is 32.4 Å². The summed E-state index contributed by atoms with van der Waals surface area (Å²) in [6.07, 6.45) is 3.31. The van der Waals surface area contributed by atoms with Gasteiger partial charge in [0.2, 0.25) is 5.91 Å². The molecule has 0 aliphatic carbocycles. The fourth-order valence-corrected chi connectivity index (χ4v) is 3.94. The third-order valence-corrected chi connectivity index (χ3v) is 5.54. The minimum absolute atomic E-state index is 0.210. The third-order valence-electron chi connectivity index (χ3n) is 5.54. The number of nitrogens with zero attached hydrogens (tertiary/aromatic N) is 6. The van der Waals surface area contributed by atoms with E-state index in [0.29, 0.717) is 48.1 Å². The van der Waals surface area contributed by atoms with Gasteiger partial charge in [0, 0.05) is 31.7 Å². The van der Waals surface area contributed by atoms with Crippen molar-refractivity contribution in [3.8, 4) is 11.4 Å². The highest BCUT2D eigenvalue weighted by atomic mass is 16.5. The molecule has 1 fully saturated rings. The van der Waals surface area contributed by atoms with Gasteiger partial charge in [0.1, 0.15) is 5.76 Å². The lowest BCUT2D eigenvalue weighted by molar-refractivity contribution is -0.127. The molecule has 0 unspecified atom stereocenters. The van der Waals surface area contributed by atoms with Crippen LogP contribution in [0.3, 0.4) is 0 Å². The van der Waals surface area contributed by atoms with Gasteiger partial charge in [-0.3, -0.25) is 4.79 Å². The maximum Gasteiger partial charge on any atom is 0.222 e. The summed E-state index contributed by atoms with van der Waals surface area (Å²) in [5.41, 5.74) is 3.79. The molecule has 0 saturated carbocycles. The molecule has 4 aromatic rings. The first-order chi connectivity index (χ1) is 15.1. The average Bonchev–Trinajstić information content (AvgIpc) is 3.46. The number of benzene rings is 1. The van der Waals surface area contributed by atoms with Crippen LogP contribution in [0.1, 0.15) is 24.3 Å². The van der Waals surface area contributed by atoms with Crippen LogP contribution >= 0.6 is 0 Å². The summed E-state index contributed by atoms with van der Waals surface area (Å²) in [6.45, 7) is 5.79. The van der Waals surface area contributed by atoms with E-state index in [1.165, 1.54) is 0 Å². The molecule has 4 heterocycles. The van der Waals surface area contributed by atoms with E-state index in [1.807, 2.05) is 53.6 Å². The zero-order valence-electron chi connectivity index (χ0n) is 17.5. The van der Waals surface area contributed by atoms with Crippen molar-refractivity contribution in [1.82, 2.24) is 29.6 Å². The molecule has 0 spiro atoms. The van der Waals surface area contributed by atoms with Crippen molar-refractivity contribution in [3.05, 3.63) is 48.1 Å².